The van der Waals surface area contributed by atoms with Crippen LogP contribution < -0.4 is 0 Å². The minimum atomic E-state index is 0.380. The van der Waals surface area contributed by atoms with Crippen LogP contribution in [0, 0.1) is 0 Å². The van der Waals surface area contributed by atoms with Crippen LogP contribution in [0.5, 0.6) is 0 Å². The van der Waals surface area contributed by atoms with E-state index in [1.165, 1.54) is 21.0 Å². The van der Waals surface area contributed by atoms with Crippen LogP contribution in [-0.4, -0.2) is 20.0 Å². The van der Waals surface area contributed by atoms with Crippen molar-refractivity contribution < 1.29 is 0 Å². The van der Waals surface area contributed by atoms with Gasteiger partial charge < -0.3 is 0 Å². The van der Waals surface area contributed by atoms with Crippen LogP contribution in [0.15, 0.2) is 72.3 Å². The Kier molecular flexibility index (Phi) is 7.21. The molecule has 0 bridgehead atoms. The highest BCUT2D eigenvalue weighted by molar-refractivity contribution is 7.55. The Morgan fingerprint density at radius 3 is 1.32 bits per heavy atom. The third-order valence-electron chi connectivity index (χ3n) is 2.93. The van der Waals surface area contributed by atoms with Crippen molar-refractivity contribution in [3.8, 4) is 0 Å². The molecule has 0 amide bonds. The highest BCUT2D eigenvalue weighted by Crippen LogP contribution is 2.24. The van der Waals surface area contributed by atoms with Crippen LogP contribution in [0.1, 0.15) is 0 Å². The minimum Gasteiger partial charge on any atom is -0.132 e. The Labute approximate surface area is 137 Å². The predicted octanol–water partition coefficient (Wildman–Crippen LogP) is 7.10. The van der Waals surface area contributed by atoms with Crippen molar-refractivity contribution >= 4 is 45.3 Å². The van der Waals surface area contributed by atoms with Crippen molar-refractivity contribution in [1.82, 2.24) is 0 Å². The van der Waals surface area contributed by atoms with Crippen molar-refractivity contribution in [3.05, 3.63) is 72.3 Å². The standard InChI is InChI=1S/2C8H7P.C3H9P/c2*1-2-4-8-7(3-1)5-6-9-8;1-4(2)3/h2*1-6,9H;1-3H3. The third kappa shape index (κ3) is 5.62. The topological polar surface area (TPSA) is 0 Å². The van der Waals surface area contributed by atoms with Gasteiger partial charge in [0.2, 0.25) is 0 Å². The van der Waals surface area contributed by atoms with E-state index in [1.54, 1.807) is 0 Å². The maximum atomic E-state index is 2.23. The predicted molar refractivity (Wildman–Crippen MR) is 112 cm³/mol. The smallest absolute Gasteiger partial charge is 0.00183 e. The lowest BCUT2D eigenvalue weighted by Crippen LogP contribution is -1.55. The molecule has 2 aromatic carbocycles. The van der Waals surface area contributed by atoms with E-state index in [4.69, 9.17) is 0 Å². The normalized spacial score (nSPS) is 10.7. The summed E-state index contributed by atoms with van der Waals surface area (Å²) < 4.78 is 0. The second-order valence-corrected chi connectivity index (χ2v) is 10.5. The lowest BCUT2D eigenvalue weighted by Gasteiger charge is -1.83. The molecule has 0 radical (unpaired) electrons. The Hall–Kier alpha value is -1.05. The summed E-state index contributed by atoms with van der Waals surface area (Å²) in [6, 6.07) is 21.4. The Bertz CT molecular complexity index is 667. The van der Waals surface area contributed by atoms with E-state index >= 15 is 0 Å². The van der Waals surface area contributed by atoms with Crippen LogP contribution in [0.2, 0.25) is 0 Å². The third-order valence-corrected chi connectivity index (χ3v) is 5.12. The molecular formula is C19H23P3. The molecule has 2 atom stereocenters. The number of benzene rings is 2. The number of fused-ring (bicyclic) bond motifs is 2. The first kappa shape index (κ1) is 17.3. The maximum Gasteiger partial charge on any atom is -0.00183 e. The quantitative estimate of drug-likeness (QED) is 0.298. The van der Waals surface area contributed by atoms with Gasteiger partial charge in [-0.3, -0.25) is 0 Å². The summed E-state index contributed by atoms with van der Waals surface area (Å²) in [5.74, 6) is 4.45. The molecule has 0 aliphatic rings. The van der Waals surface area contributed by atoms with Crippen molar-refractivity contribution in [1.29, 1.82) is 0 Å². The Morgan fingerprint density at radius 1 is 0.591 bits per heavy atom. The van der Waals surface area contributed by atoms with Gasteiger partial charge in [-0.25, -0.2) is 0 Å². The number of hydrogen-bond donors (Lipinski definition) is 0. The molecule has 114 valence electrons. The Morgan fingerprint density at radius 2 is 0.955 bits per heavy atom. The van der Waals surface area contributed by atoms with E-state index in [-0.39, 0.29) is 0 Å². The summed E-state index contributed by atoms with van der Waals surface area (Å²) in [6.07, 6.45) is 0. The van der Waals surface area contributed by atoms with E-state index in [9.17, 15) is 0 Å². The molecule has 3 heteroatoms. The van der Waals surface area contributed by atoms with Gasteiger partial charge in [-0.15, -0.1) is 24.3 Å². The van der Waals surface area contributed by atoms with Crippen LogP contribution >= 0.6 is 24.3 Å². The summed E-state index contributed by atoms with van der Waals surface area (Å²) in [4.78, 5) is 0. The summed E-state index contributed by atoms with van der Waals surface area (Å²) >= 11 is 0. The summed E-state index contributed by atoms with van der Waals surface area (Å²) in [7, 11) is 2.18. The van der Waals surface area contributed by atoms with Gasteiger partial charge in [-0.1, -0.05) is 60.7 Å². The molecule has 0 spiro atoms. The van der Waals surface area contributed by atoms with E-state index in [0.717, 1.165) is 16.4 Å². The van der Waals surface area contributed by atoms with E-state index in [1.807, 2.05) is 0 Å². The van der Waals surface area contributed by atoms with Crippen LogP contribution in [-0.2, 0) is 0 Å². The van der Waals surface area contributed by atoms with Crippen LogP contribution in [0.25, 0.3) is 21.0 Å². The lowest BCUT2D eigenvalue weighted by molar-refractivity contribution is 1.86. The first-order valence-electron chi connectivity index (χ1n) is 7.32. The summed E-state index contributed by atoms with van der Waals surface area (Å²) in [5, 5.41) is 5.77. The zero-order valence-electron chi connectivity index (χ0n) is 13.4. The first-order valence-corrected chi connectivity index (χ1v) is 12.2. The molecule has 0 fully saturated rings. The van der Waals surface area contributed by atoms with Crippen molar-refractivity contribution in [2.24, 2.45) is 0 Å². The largest absolute Gasteiger partial charge is 0.132 e. The van der Waals surface area contributed by atoms with Crippen LogP contribution in [0.4, 0.5) is 0 Å². The van der Waals surface area contributed by atoms with Crippen molar-refractivity contribution in [3.63, 3.8) is 0 Å². The molecule has 0 aliphatic heterocycles. The SMILES string of the molecule is CP(C)C.c1ccc2[pH]ccc2c1.c1ccc2[pH]ccc2c1. The molecule has 0 saturated carbocycles. The summed E-state index contributed by atoms with van der Waals surface area (Å²) in [6.45, 7) is 6.69. The molecule has 0 N–H and O–H groups in total. The van der Waals surface area contributed by atoms with Crippen LogP contribution in [0.3, 0.4) is 0 Å². The molecule has 0 aliphatic carbocycles. The highest BCUT2D eigenvalue weighted by atomic mass is 31.1. The number of hydrogen-bond acceptors (Lipinski definition) is 0. The molecule has 22 heavy (non-hydrogen) atoms. The second kappa shape index (κ2) is 9.17. The second-order valence-electron chi connectivity index (χ2n) is 5.47. The summed E-state index contributed by atoms with van der Waals surface area (Å²) in [5.41, 5.74) is 0. The fourth-order valence-corrected chi connectivity index (χ4v) is 3.93. The van der Waals surface area contributed by atoms with Gasteiger partial charge in [0.15, 0.2) is 0 Å². The highest BCUT2D eigenvalue weighted by Gasteiger charge is 1.87. The molecule has 0 nitrogen and oxygen atoms in total. The van der Waals surface area contributed by atoms with Gasteiger partial charge >= 0.3 is 0 Å². The van der Waals surface area contributed by atoms with Gasteiger partial charge in [-0.05, 0) is 52.6 Å². The monoisotopic (exact) mass is 344 g/mol. The molecule has 4 rings (SSSR count). The maximum absolute atomic E-state index is 2.23. The van der Waals surface area contributed by atoms with Gasteiger partial charge in [-0.2, -0.15) is 0 Å². The van der Waals surface area contributed by atoms with Gasteiger partial charge in [0.25, 0.3) is 0 Å². The van der Waals surface area contributed by atoms with E-state index < -0.39 is 0 Å². The Balaban J connectivity index is 0.000000131. The zero-order chi connectivity index (χ0) is 15.8. The average molecular weight is 344 g/mol. The van der Waals surface area contributed by atoms with Crippen molar-refractivity contribution in [2.75, 3.05) is 20.0 Å². The molecule has 2 aromatic heterocycles. The molecule has 2 unspecified atom stereocenters. The van der Waals surface area contributed by atoms with Crippen molar-refractivity contribution in [2.45, 2.75) is 0 Å². The van der Waals surface area contributed by atoms with Gasteiger partial charge in [0.1, 0.15) is 0 Å². The fourth-order valence-electron chi connectivity index (χ4n) is 1.99. The van der Waals surface area contributed by atoms with Gasteiger partial charge in [0.05, 0.1) is 0 Å². The molecule has 4 aromatic rings. The minimum absolute atomic E-state index is 0.380. The number of rotatable bonds is 0. The zero-order valence-corrected chi connectivity index (χ0v) is 16.3. The first-order chi connectivity index (χ1) is 10.7. The van der Waals surface area contributed by atoms with E-state index in [0.29, 0.717) is 7.92 Å². The lowest BCUT2D eigenvalue weighted by atomic mass is 10.3. The molecule has 0 saturated heterocycles. The van der Waals surface area contributed by atoms with Gasteiger partial charge in [0, 0.05) is 0 Å². The average Bonchev–Trinajstić information content (AvgIpc) is 3.16. The fraction of sp³-hybridized carbons (Fsp3) is 0.158. The van der Waals surface area contributed by atoms with E-state index in [2.05, 4.69) is 92.3 Å². The molecule has 2 heterocycles. The molecular weight excluding hydrogens is 321 g/mol.